The van der Waals surface area contributed by atoms with Gasteiger partial charge in [-0.25, -0.2) is 0 Å². The minimum atomic E-state index is 0.590. The summed E-state index contributed by atoms with van der Waals surface area (Å²) in [5.74, 6) is 0.610. The van der Waals surface area contributed by atoms with E-state index in [2.05, 4.69) is 4.98 Å². The standard InChI is InChI=1S/C12H13NO2/c1-7-8(2)13-11-5-12(15-3)9(6-14)4-10(7)11/h4-6,13H,1-3H3. The van der Waals surface area contributed by atoms with E-state index in [1.54, 1.807) is 7.11 Å². The second-order valence-corrected chi connectivity index (χ2v) is 3.63. The number of benzene rings is 1. The fraction of sp³-hybridized carbons (Fsp3) is 0.250. The van der Waals surface area contributed by atoms with Crippen molar-refractivity contribution >= 4 is 17.2 Å². The quantitative estimate of drug-likeness (QED) is 0.762. The molecule has 15 heavy (non-hydrogen) atoms. The second-order valence-electron chi connectivity index (χ2n) is 3.63. The van der Waals surface area contributed by atoms with Crippen molar-refractivity contribution in [3.63, 3.8) is 0 Å². The molecule has 0 atom stereocenters. The molecular formula is C12H13NO2. The first-order valence-corrected chi connectivity index (χ1v) is 4.79. The minimum absolute atomic E-state index is 0.590. The molecular weight excluding hydrogens is 190 g/mol. The van der Waals surface area contributed by atoms with Gasteiger partial charge >= 0.3 is 0 Å². The van der Waals surface area contributed by atoms with Crippen molar-refractivity contribution in [3.05, 3.63) is 29.0 Å². The molecule has 2 rings (SSSR count). The van der Waals surface area contributed by atoms with Crippen LogP contribution in [0.4, 0.5) is 0 Å². The summed E-state index contributed by atoms with van der Waals surface area (Å²) in [6, 6.07) is 3.72. The Hall–Kier alpha value is -1.77. The van der Waals surface area contributed by atoms with Crippen molar-refractivity contribution in [2.45, 2.75) is 13.8 Å². The molecule has 0 unspecified atom stereocenters. The van der Waals surface area contributed by atoms with Crippen LogP contribution in [0.5, 0.6) is 5.75 Å². The van der Waals surface area contributed by atoms with Gasteiger partial charge in [0.2, 0.25) is 0 Å². The number of aryl methyl sites for hydroxylation is 2. The van der Waals surface area contributed by atoms with Gasteiger partial charge in [0.15, 0.2) is 6.29 Å². The summed E-state index contributed by atoms with van der Waals surface area (Å²) in [4.78, 5) is 14.1. The van der Waals surface area contributed by atoms with E-state index < -0.39 is 0 Å². The molecule has 0 spiro atoms. The Kier molecular flexibility index (Phi) is 2.23. The molecule has 3 heteroatoms. The van der Waals surface area contributed by atoms with E-state index in [9.17, 15) is 4.79 Å². The van der Waals surface area contributed by atoms with Crippen LogP contribution in [-0.4, -0.2) is 18.4 Å². The maximum atomic E-state index is 10.9. The largest absolute Gasteiger partial charge is 0.496 e. The maximum Gasteiger partial charge on any atom is 0.153 e. The minimum Gasteiger partial charge on any atom is -0.496 e. The molecule has 0 saturated carbocycles. The maximum absolute atomic E-state index is 10.9. The monoisotopic (exact) mass is 203 g/mol. The summed E-state index contributed by atoms with van der Waals surface area (Å²) in [5.41, 5.74) is 3.89. The molecule has 1 aromatic carbocycles. The summed E-state index contributed by atoms with van der Waals surface area (Å²) in [5, 5.41) is 1.08. The Morgan fingerprint density at radius 1 is 1.33 bits per heavy atom. The number of aromatic amines is 1. The van der Waals surface area contributed by atoms with Gasteiger partial charge in [-0.1, -0.05) is 0 Å². The fourth-order valence-corrected chi connectivity index (χ4v) is 1.78. The van der Waals surface area contributed by atoms with E-state index >= 15 is 0 Å². The van der Waals surface area contributed by atoms with Crippen molar-refractivity contribution in [1.29, 1.82) is 0 Å². The Morgan fingerprint density at radius 3 is 2.67 bits per heavy atom. The smallest absolute Gasteiger partial charge is 0.153 e. The van der Waals surface area contributed by atoms with E-state index in [4.69, 9.17) is 4.74 Å². The average Bonchev–Trinajstić information content (AvgIpc) is 2.53. The first kappa shape index (κ1) is 9.77. The first-order valence-electron chi connectivity index (χ1n) is 4.79. The highest BCUT2D eigenvalue weighted by Crippen LogP contribution is 2.28. The van der Waals surface area contributed by atoms with E-state index in [-0.39, 0.29) is 0 Å². The highest BCUT2D eigenvalue weighted by Gasteiger charge is 2.09. The number of hydrogen-bond donors (Lipinski definition) is 1. The molecule has 1 N–H and O–H groups in total. The van der Waals surface area contributed by atoms with E-state index in [1.165, 1.54) is 5.56 Å². The molecule has 3 nitrogen and oxygen atoms in total. The second kappa shape index (κ2) is 3.42. The number of hydrogen-bond acceptors (Lipinski definition) is 2. The number of fused-ring (bicyclic) bond motifs is 1. The van der Waals surface area contributed by atoms with Gasteiger partial charge < -0.3 is 9.72 Å². The first-order chi connectivity index (χ1) is 7.17. The van der Waals surface area contributed by atoms with Crippen LogP contribution < -0.4 is 4.74 Å². The van der Waals surface area contributed by atoms with Crippen LogP contribution >= 0.6 is 0 Å². The molecule has 0 aliphatic heterocycles. The number of aldehydes is 1. The number of ether oxygens (including phenoxy) is 1. The Morgan fingerprint density at radius 2 is 2.07 bits per heavy atom. The summed E-state index contributed by atoms with van der Waals surface area (Å²) < 4.78 is 5.14. The summed E-state index contributed by atoms with van der Waals surface area (Å²) >= 11 is 0. The van der Waals surface area contributed by atoms with E-state index in [1.807, 2.05) is 26.0 Å². The zero-order chi connectivity index (χ0) is 11.0. The van der Waals surface area contributed by atoms with Crippen molar-refractivity contribution in [3.8, 4) is 5.75 Å². The lowest BCUT2D eigenvalue weighted by atomic mass is 10.1. The fourth-order valence-electron chi connectivity index (χ4n) is 1.78. The van der Waals surface area contributed by atoms with Crippen molar-refractivity contribution < 1.29 is 9.53 Å². The number of carbonyl (C=O) groups excluding carboxylic acids is 1. The van der Waals surface area contributed by atoms with Crippen molar-refractivity contribution in [1.82, 2.24) is 4.98 Å². The van der Waals surface area contributed by atoms with Crippen LogP contribution in [0.1, 0.15) is 21.6 Å². The summed E-state index contributed by atoms with van der Waals surface area (Å²) in [7, 11) is 1.57. The molecule has 0 saturated heterocycles. The topological polar surface area (TPSA) is 42.1 Å². The lowest BCUT2D eigenvalue weighted by molar-refractivity contribution is 0.112. The summed E-state index contributed by atoms with van der Waals surface area (Å²) in [6.45, 7) is 4.05. The molecule has 0 bridgehead atoms. The zero-order valence-electron chi connectivity index (χ0n) is 9.05. The number of methoxy groups -OCH3 is 1. The van der Waals surface area contributed by atoms with Gasteiger partial charge in [0.25, 0.3) is 0 Å². The molecule has 0 radical (unpaired) electrons. The predicted octanol–water partition coefficient (Wildman–Crippen LogP) is 2.61. The Bertz CT molecular complexity index is 526. The Balaban J connectivity index is 2.80. The molecule has 0 amide bonds. The van der Waals surface area contributed by atoms with Crippen molar-refractivity contribution in [2.75, 3.05) is 7.11 Å². The summed E-state index contributed by atoms with van der Waals surface area (Å²) in [6.07, 6.45) is 0.819. The van der Waals surface area contributed by atoms with Crippen LogP contribution in [0.3, 0.4) is 0 Å². The SMILES string of the molecule is COc1cc2[nH]c(C)c(C)c2cc1C=O. The third kappa shape index (κ3) is 1.40. The van der Waals surface area contributed by atoms with Gasteiger partial charge in [-0.05, 0) is 25.5 Å². The number of carbonyl (C=O) groups is 1. The van der Waals surface area contributed by atoms with E-state index in [0.29, 0.717) is 11.3 Å². The van der Waals surface area contributed by atoms with Gasteiger partial charge in [-0.15, -0.1) is 0 Å². The van der Waals surface area contributed by atoms with Crippen LogP contribution in [0.2, 0.25) is 0 Å². The molecule has 0 fully saturated rings. The molecule has 1 aromatic heterocycles. The Labute approximate surface area is 88.1 Å². The van der Waals surface area contributed by atoms with Crippen LogP contribution in [0.25, 0.3) is 10.9 Å². The molecule has 1 heterocycles. The third-order valence-corrected chi connectivity index (χ3v) is 2.79. The van der Waals surface area contributed by atoms with Gasteiger partial charge in [0, 0.05) is 22.7 Å². The molecule has 0 aliphatic carbocycles. The van der Waals surface area contributed by atoms with Crippen LogP contribution in [0, 0.1) is 13.8 Å². The van der Waals surface area contributed by atoms with Gasteiger partial charge in [-0.3, -0.25) is 4.79 Å². The average molecular weight is 203 g/mol. The number of H-pyrrole nitrogens is 1. The highest BCUT2D eigenvalue weighted by molar-refractivity contribution is 5.93. The number of rotatable bonds is 2. The van der Waals surface area contributed by atoms with Gasteiger partial charge in [0.1, 0.15) is 5.75 Å². The van der Waals surface area contributed by atoms with Gasteiger partial charge in [0.05, 0.1) is 12.7 Å². The van der Waals surface area contributed by atoms with Gasteiger partial charge in [-0.2, -0.15) is 0 Å². The highest BCUT2D eigenvalue weighted by atomic mass is 16.5. The lowest BCUT2D eigenvalue weighted by Gasteiger charge is -2.03. The lowest BCUT2D eigenvalue weighted by Crippen LogP contribution is -1.90. The molecule has 2 aromatic rings. The third-order valence-electron chi connectivity index (χ3n) is 2.79. The van der Waals surface area contributed by atoms with Crippen LogP contribution in [-0.2, 0) is 0 Å². The number of nitrogens with one attached hydrogen (secondary N) is 1. The zero-order valence-corrected chi connectivity index (χ0v) is 9.05. The van der Waals surface area contributed by atoms with Crippen molar-refractivity contribution in [2.24, 2.45) is 0 Å². The number of aromatic nitrogens is 1. The van der Waals surface area contributed by atoms with E-state index in [0.717, 1.165) is 22.9 Å². The van der Waals surface area contributed by atoms with Crippen LogP contribution in [0.15, 0.2) is 12.1 Å². The predicted molar refractivity (Wildman–Crippen MR) is 59.7 cm³/mol. The molecule has 0 aliphatic rings. The normalized spacial score (nSPS) is 10.6. The molecule has 78 valence electrons.